The Kier molecular flexibility index (Phi) is 6.59. The van der Waals surface area contributed by atoms with E-state index in [1.54, 1.807) is 38.7 Å². The normalized spacial score (nSPS) is 21.6. The summed E-state index contributed by atoms with van der Waals surface area (Å²) in [6.07, 6.45) is 4.07. The van der Waals surface area contributed by atoms with E-state index in [2.05, 4.69) is 15.6 Å². The van der Waals surface area contributed by atoms with E-state index in [0.717, 1.165) is 24.8 Å². The van der Waals surface area contributed by atoms with Gasteiger partial charge in [0.15, 0.2) is 0 Å². The molecule has 8 nitrogen and oxygen atoms in total. The van der Waals surface area contributed by atoms with Crippen LogP contribution in [0.25, 0.3) is 0 Å². The molecule has 1 aromatic heterocycles. The van der Waals surface area contributed by atoms with Gasteiger partial charge in [-0.25, -0.2) is 9.78 Å². The summed E-state index contributed by atoms with van der Waals surface area (Å²) in [4.78, 5) is 44.2. The second-order valence-electron chi connectivity index (χ2n) is 10.2. The number of nitrogens with zero attached hydrogens (tertiary/aromatic N) is 2. The van der Waals surface area contributed by atoms with Gasteiger partial charge in [0, 0.05) is 6.54 Å². The number of rotatable bonds is 3. The molecule has 8 heteroatoms. The quantitative estimate of drug-likeness (QED) is 0.643. The van der Waals surface area contributed by atoms with E-state index in [1.165, 1.54) is 6.20 Å². The number of anilines is 2. The lowest BCUT2D eigenvalue weighted by Gasteiger charge is -2.40. The van der Waals surface area contributed by atoms with Crippen LogP contribution in [0.4, 0.5) is 16.3 Å². The van der Waals surface area contributed by atoms with Crippen LogP contribution < -0.4 is 10.6 Å². The average molecular weight is 465 g/mol. The number of pyridine rings is 1. The van der Waals surface area contributed by atoms with Gasteiger partial charge in [0.25, 0.3) is 0 Å². The Morgan fingerprint density at radius 3 is 2.50 bits per heavy atom. The number of carbonyl (C=O) groups is 3. The fourth-order valence-corrected chi connectivity index (χ4v) is 5.01. The number of aromatic nitrogens is 1. The van der Waals surface area contributed by atoms with Crippen molar-refractivity contribution in [2.75, 3.05) is 17.2 Å². The minimum absolute atomic E-state index is 0.0848. The third-order valence-electron chi connectivity index (χ3n) is 6.37. The van der Waals surface area contributed by atoms with Crippen molar-refractivity contribution in [2.24, 2.45) is 11.8 Å². The Morgan fingerprint density at radius 1 is 1.09 bits per heavy atom. The van der Waals surface area contributed by atoms with E-state index in [4.69, 9.17) is 4.74 Å². The predicted octanol–water partition coefficient (Wildman–Crippen LogP) is 4.68. The van der Waals surface area contributed by atoms with E-state index < -0.39 is 23.5 Å². The highest BCUT2D eigenvalue weighted by Crippen LogP contribution is 2.47. The molecule has 2 aromatic rings. The molecule has 2 fully saturated rings. The molecule has 1 aromatic carbocycles. The molecule has 2 aliphatic rings. The number of carbonyl (C=O) groups excluding carboxylic acids is 3. The van der Waals surface area contributed by atoms with Crippen LogP contribution in [0.3, 0.4) is 0 Å². The lowest BCUT2D eigenvalue weighted by atomic mass is 9.86. The van der Waals surface area contributed by atoms with E-state index in [1.807, 2.05) is 30.3 Å². The zero-order chi connectivity index (χ0) is 24.5. The van der Waals surface area contributed by atoms with Crippen molar-refractivity contribution in [3.05, 3.63) is 53.7 Å². The monoisotopic (exact) mass is 464 g/mol. The van der Waals surface area contributed by atoms with Gasteiger partial charge >= 0.3 is 17.9 Å². The Labute approximate surface area is 200 Å². The van der Waals surface area contributed by atoms with Crippen molar-refractivity contribution in [3.63, 3.8) is 0 Å². The van der Waals surface area contributed by atoms with Crippen LogP contribution in [0, 0.1) is 18.8 Å². The maximum absolute atomic E-state index is 13.3. The minimum atomic E-state index is -0.684. The van der Waals surface area contributed by atoms with Gasteiger partial charge in [-0.1, -0.05) is 30.3 Å². The largest absolute Gasteiger partial charge is 0.444 e. The average Bonchev–Trinajstić information content (AvgIpc) is 3.15. The summed E-state index contributed by atoms with van der Waals surface area (Å²) in [5.41, 5.74) is 1.47. The molecule has 34 heavy (non-hydrogen) atoms. The highest BCUT2D eigenvalue weighted by molar-refractivity contribution is 6.39. The van der Waals surface area contributed by atoms with E-state index >= 15 is 0 Å². The molecular formula is C26H32N4O4. The molecule has 1 aliphatic heterocycles. The number of likely N-dealkylation sites (tertiary alicyclic amines) is 1. The zero-order valence-corrected chi connectivity index (χ0v) is 20.1. The van der Waals surface area contributed by atoms with Gasteiger partial charge in [-0.15, -0.1) is 0 Å². The molecule has 2 heterocycles. The highest BCUT2D eigenvalue weighted by Gasteiger charge is 2.44. The number of benzene rings is 1. The standard InChI is InChI=1S/C26H32N4O4/c1-16-12-20(14-27-22(16)29-25(33)34-26(2,3)4)28-23(31)24(32)30-15-17-10-11-19(13-17)21(30)18-8-6-5-7-9-18/h5-9,12,14,17,19,21H,10-11,13,15H2,1-4H3,(H,28,31)(H,27,29,33)/t17-,19+,21-/m1/s1. The number of ether oxygens (including phenoxy) is 1. The number of hydrogen-bond donors (Lipinski definition) is 2. The van der Waals surface area contributed by atoms with Crippen molar-refractivity contribution in [2.45, 2.75) is 58.6 Å². The molecule has 0 spiro atoms. The smallest absolute Gasteiger partial charge is 0.413 e. The predicted molar refractivity (Wildman–Crippen MR) is 129 cm³/mol. The van der Waals surface area contributed by atoms with Crippen molar-refractivity contribution < 1.29 is 19.1 Å². The summed E-state index contributed by atoms with van der Waals surface area (Å²) < 4.78 is 5.25. The van der Waals surface area contributed by atoms with Crippen LogP contribution in [-0.2, 0) is 14.3 Å². The van der Waals surface area contributed by atoms with Crippen LogP contribution in [0.5, 0.6) is 0 Å². The molecule has 4 rings (SSSR count). The van der Waals surface area contributed by atoms with Crippen LogP contribution in [-0.4, -0.2) is 39.9 Å². The second kappa shape index (κ2) is 9.44. The molecule has 1 aliphatic carbocycles. The summed E-state index contributed by atoms with van der Waals surface area (Å²) in [7, 11) is 0. The molecule has 0 radical (unpaired) electrons. The zero-order valence-electron chi connectivity index (χ0n) is 20.1. The number of aryl methyl sites for hydroxylation is 1. The van der Waals surface area contributed by atoms with Crippen LogP contribution >= 0.6 is 0 Å². The SMILES string of the molecule is Cc1cc(NC(=O)C(=O)N2C[C@@H]3CC[C@@H](C3)[C@H]2c2ccccc2)cnc1NC(=O)OC(C)(C)C. The summed E-state index contributed by atoms with van der Waals surface area (Å²) in [6, 6.07) is 11.6. The number of amides is 3. The fourth-order valence-electron chi connectivity index (χ4n) is 5.01. The van der Waals surface area contributed by atoms with Gasteiger partial charge in [-0.3, -0.25) is 14.9 Å². The molecule has 0 unspecified atom stereocenters. The van der Waals surface area contributed by atoms with Crippen LogP contribution in [0.15, 0.2) is 42.6 Å². The summed E-state index contributed by atoms with van der Waals surface area (Å²) in [5, 5.41) is 5.29. The molecule has 1 saturated carbocycles. The van der Waals surface area contributed by atoms with E-state index in [-0.39, 0.29) is 6.04 Å². The van der Waals surface area contributed by atoms with Crippen molar-refractivity contribution in [1.82, 2.24) is 9.88 Å². The second-order valence-corrected chi connectivity index (χ2v) is 10.2. The number of piperidine rings is 1. The van der Waals surface area contributed by atoms with Crippen molar-refractivity contribution in [3.8, 4) is 0 Å². The summed E-state index contributed by atoms with van der Waals surface area (Å²) >= 11 is 0. The van der Waals surface area contributed by atoms with Crippen molar-refractivity contribution in [1.29, 1.82) is 0 Å². The first-order chi connectivity index (χ1) is 16.1. The fraction of sp³-hybridized carbons (Fsp3) is 0.462. The Bertz CT molecular complexity index is 1080. The Morgan fingerprint density at radius 2 is 1.82 bits per heavy atom. The molecule has 2 bridgehead atoms. The third kappa shape index (κ3) is 5.38. The van der Waals surface area contributed by atoms with E-state index in [9.17, 15) is 14.4 Å². The molecule has 2 N–H and O–H groups in total. The first-order valence-corrected chi connectivity index (χ1v) is 11.7. The minimum Gasteiger partial charge on any atom is -0.444 e. The van der Waals surface area contributed by atoms with Crippen LogP contribution in [0.1, 0.15) is 57.2 Å². The lowest BCUT2D eigenvalue weighted by molar-refractivity contribution is -0.147. The van der Waals surface area contributed by atoms with Crippen LogP contribution in [0.2, 0.25) is 0 Å². The topological polar surface area (TPSA) is 101 Å². The maximum Gasteiger partial charge on any atom is 0.413 e. The summed E-state index contributed by atoms with van der Waals surface area (Å²) in [6.45, 7) is 7.68. The Hall–Kier alpha value is -3.42. The summed E-state index contributed by atoms with van der Waals surface area (Å²) in [5.74, 6) is -0.0606. The molecule has 3 amide bonds. The Balaban J connectivity index is 1.45. The van der Waals surface area contributed by atoms with Gasteiger partial charge in [-0.05, 0) is 76.0 Å². The van der Waals surface area contributed by atoms with Crippen molar-refractivity contribution >= 4 is 29.4 Å². The third-order valence-corrected chi connectivity index (χ3v) is 6.37. The van der Waals surface area contributed by atoms with Gasteiger partial charge < -0.3 is 15.0 Å². The first-order valence-electron chi connectivity index (χ1n) is 11.7. The van der Waals surface area contributed by atoms with Gasteiger partial charge in [-0.2, -0.15) is 0 Å². The molecule has 180 valence electrons. The van der Waals surface area contributed by atoms with E-state index in [0.29, 0.717) is 35.4 Å². The maximum atomic E-state index is 13.3. The van der Waals surface area contributed by atoms with Gasteiger partial charge in [0.1, 0.15) is 11.4 Å². The molecular weight excluding hydrogens is 432 g/mol. The van der Waals surface area contributed by atoms with Gasteiger partial charge in [0.05, 0.1) is 17.9 Å². The first kappa shape index (κ1) is 23.7. The molecule has 3 atom stereocenters. The highest BCUT2D eigenvalue weighted by atomic mass is 16.6. The number of nitrogens with one attached hydrogen (secondary N) is 2. The number of fused-ring (bicyclic) bond motifs is 2. The number of hydrogen-bond acceptors (Lipinski definition) is 5. The lowest BCUT2D eigenvalue weighted by Crippen LogP contribution is -2.47. The molecule has 1 saturated heterocycles. The van der Waals surface area contributed by atoms with Gasteiger partial charge in [0.2, 0.25) is 0 Å².